The molecule has 1 aromatic carbocycles. The number of ketones is 1. The molecule has 2 N–H and O–H groups in total. The molecule has 0 atom stereocenters. The van der Waals surface area contributed by atoms with Gasteiger partial charge in [-0.3, -0.25) is 4.79 Å². The third-order valence-electron chi connectivity index (χ3n) is 2.12. The van der Waals surface area contributed by atoms with Crippen molar-refractivity contribution in [3.63, 3.8) is 0 Å². The van der Waals surface area contributed by atoms with Crippen LogP contribution in [0.25, 0.3) is 5.69 Å². The number of Topliss-reactive ketones (excluding diaryl/α,β-unsaturated/α-hetero) is 1. The fourth-order valence-corrected chi connectivity index (χ4v) is 1.58. The van der Waals surface area contributed by atoms with E-state index >= 15 is 0 Å². The number of nitrogens with zero attached hydrogens (tertiary/aromatic N) is 3. The maximum absolute atomic E-state index is 11.3. The molecule has 0 fully saturated rings. The van der Waals surface area contributed by atoms with Crippen molar-refractivity contribution in [3.05, 3.63) is 41.4 Å². The first-order valence-corrected chi connectivity index (χ1v) is 4.98. The first kappa shape index (κ1) is 10.8. The minimum Gasteiger partial charge on any atom is -0.324 e. The molecule has 0 saturated carbocycles. The maximum Gasteiger partial charge on any atom is 0.176 e. The zero-order valence-electron chi connectivity index (χ0n) is 8.30. The van der Waals surface area contributed by atoms with E-state index in [0.717, 1.165) is 0 Å². The van der Waals surface area contributed by atoms with Crippen LogP contribution in [0.15, 0.2) is 30.9 Å². The molecule has 1 aromatic heterocycles. The molecule has 0 unspecified atom stereocenters. The molecule has 0 aliphatic carbocycles. The molecule has 2 aromatic rings. The van der Waals surface area contributed by atoms with Gasteiger partial charge < -0.3 is 5.73 Å². The Morgan fingerprint density at radius 2 is 2.31 bits per heavy atom. The van der Waals surface area contributed by atoms with Crippen molar-refractivity contribution in [1.29, 1.82) is 0 Å². The largest absolute Gasteiger partial charge is 0.324 e. The highest BCUT2D eigenvalue weighted by Crippen LogP contribution is 2.21. The molecule has 0 aliphatic heterocycles. The van der Waals surface area contributed by atoms with E-state index in [4.69, 9.17) is 17.3 Å². The van der Waals surface area contributed by atoms with Gasteiger partial charge in [-0.2, -0.15) is 5.10 Å². The Balaban J connectivity index is 2.41. The van der Waals surface area contributed by atoms with Crippen molar-refractivity contribution in [3.8, 4) is 5.69 Å². The zero-order valence-corrected chi connectivity index (χ0v) is 9.05. The van der Waals surface area contributed by atoms with Gasteiger partial charge >= 0.3 is 0 Å². The van der Waals surface area contributed by atoms with E-state index in [1.807, 2.05) is 0 Å². The van der Waals surface area contributed by atoms with Gasteiger partial charge in [-0.25, -0.2) is 9.67 Å². The average Bonchev–Trinajstić information content (AvgIpc) is 2.81. The second-order valence-electron chi connectivity index (χ2n) is 3.13. The lowest BCUT2D eigenvalue weighted by Gasteiger charge is -2.05. The maximum atomic E-state index is 11.3. The molecule has 5 nitrogen and oxygen atoms in total. The third kappa shape index (κ3) is 1.95. The Bertz CT molecular complexity index is 510. The fourth-order valence-electron chi connectivity index (χ4n) is 1.32. The predicted molar refractivity (Wildman–Crippen MR) is 59.8 cm³/mol. The van der Waals surface area contributed by atoms with Crippen molar-refractivity contribution in [2.75, 3.05) is 6.54 Å². The lowest BCUT2D eigenvalue weighted by Crippen LogP contribution is -2.13. The Morgan fingerprint density at radius 3 is 2.88 bits per heavy atom. The van der Waals surface area contributed by atoms with Gasteiger partial charge in [0.15, 0.2) is 5.78 Å². The van der Waals surface area contributed by atoms with Gasteiger partial charge in [0.1, 0.15) is 12.7 Å². The number of hydrogen-bond acceptors (Lipinski definition) is 4. The normalized spacial score (nSPS) is 10.4. The third-order valence-corrected chi connectivity index (χ3v) is 2.42. The van der Waals surface area contributed by atoms with Crippen LogP contribution in [0.3, 0.4) is 0 Å². The summed E-state index contributed by atoms with van der Waals surface area (Å²) in [6, 6.07) is 4.95. The Morgan fingerprint density at radius 1 is 1.50 bits per heavy atom. The first-order valence-electron chi connectivity index (χ1n) is 4.60. The summed E-state index contributed by atoms with van der Waals surface area (Å²) in [5.41, 5.74) is 6.44. The van der Waals surface area contributed by atoms with Crippen molar-refractivity contribution in [2.24, 2.45) is 5.73 Å². The van der Waals surface area contributed by atoms with Crippen molar-refractivity contribution in [1.82, 2.24) is 14.8 Å². The average molecular weight is 237 g/mol. The molecule has 6 heteroatoms. The highest BCUT2D eigenvalue weighted by atomic mass is 35.5. The lowest BCUT2D eigenvalue weighted by molar-refractivity contribution is 0.100. The van der Waals surface area contributed by atoms with Crippen LogP contribution in [0.4, 0.5) is 0 Å². The molecule has 1 heterocycles. The molecule has 2 rings (SSSR count). The minimum atomic E-state index is -0.146. The van der Waals surface area contributed by atoms with Gasteiger partial charge in [-0.15, -0.1) is 0 Å². The molecule has 16 heavy (non-hydrogen) atoms. The molecule has 0 amide bonds. The van der Waals surface area contributed by atoms with Crippen LogP contribution in [-0.4, -0.2) is 27.1 Å². The molecule has 82 valence electrons. The summed E-state index contributed by atoms with van der Waals surface area (Å²) in [7, 11) is 0. The summed E-state index contributed by atoms with van der Waals surface area (Å²) >= 11 is 6.04. The fraction of sp³-hybridized carbons (Fsp3) is 0.100. The highest BCUT2D eigenvalue weighted by Gasteiger charge is 2.08. The van der Waals surface area contributed by atoms with E-state index in [9.17, 15) is 4.79 Å². The van der Waals surface area contributed by atoms with Crippen LogP contribution >= 0.6 is 11.6 Å². The number of halogens is 1. The number of carbonyl (C=O) groups is 1. The monoisotopic (exact) mass is 236 g/mol. The smallest absolute Gasteiger partial charge is 0.176 e. The van der Waals surface area contributed by atoms with Crippen LogP contribution in [0.2, 0.25) is 5.02 Å². The van der Waals surface area contributed by atoms with Crippen LogP contribution in [0.5, 0.6) is 0 Å². The van der Waals surface area contributed by atoms with E-state index in [1.165, 1.54) is 17.3 Å². The number of benzene rings is 1. The molecule has 0 radical (unpaired) electrons. The Kier molecular flexibility index (Phi) is 2.98. The van der Waals surface area contributed by atoms with E-state index in [0.29, 0.717) is 16.3 Å². The van der Waals surface area contributed by atoms with Crippen molar-refractivity contribution >= 4 is 17.4 Å². The van der Waals surface area contributed by atoms with Crippen LogP contribution in [-0.2, 0) is 0 Å². The number of rotatable bonds is 3. The van der Waals surface area contributed by atoms with E-state index in [-0.39, 0.29) is 12.3 Å². The van der Waals surface area contributed by atoms with Gasteiger partial charge in [0.05, 0.1) is 17.3 Å². The molecular weight excluding hydrogens is 228 g/mol. The van der Waals surface area contributed by atoms with Crippen LogP contribution < -0.4 is 5.73 Å². The van der Waals surface area contributed by atoms with Gasteiger partial charge in [-0.1, -0.05) is 11.6 Å². The predicted octanol–water partition coefficient (Wildman–Crippen LogP) is 1.06. The molecule has 0 spiro atoms. The van der Waals surface area contributed by atoms with Crippen molar-refractivity contribution < 1.29 is 4.79 Å². The van der Waals surface area contributed by atoms with Gasteiger partial charge in [0.2, 0.25) is 0 Å². The van der Waals surface area contributed by atoms with Crippen LogP contribution in [0, 0.1) is 0 Å². The highest BCUT2D eigenvalue weighted by molar-refractivity contribution is 6.32. The minimum absolute atomic E-state index is 0.0288. The summed E-state index contributed by atoms with van der Waals surface area (Å²) in [5.74, 6) is -0.146. The summed E-state index contributed by atoms with van der Waals surface area (Å²) in [5, 5.41) is 4.39. The van der Waals surface area contributed by atoms with Gasteiger partial charge in [0.25, 0.3) is 0 Å². The number of nitrogens with two attached hydrogens (primary N) is 1. The first-order chi connectivity index (χ1) is 7.72. The Hall–Kier alpha value is -1.72. The molecule has 0 aliphatic rings. The SMILES string of the molecule is NCC(=O)c1ccc(-n2cncn2)c(Cl)c1. The number of hydrogen-bond donors (Lipinski definition) is 1. The van der Waals surface area contributed by atoms with Gasteiger partial charge in [-0.05, 0) is 18.2 Å². The van der Waals surface area contributed by atoms with E-state index in [2.05, 4.69) is 10.1 Å². The summed E-state index contributed by atoms with van der Waals surface area (Å²) in [6.07, 6.45) is 2.95. The number of carbonyl (C=O) groups excluding carboxylic acids is 1. The van der Waals surface area contributed by atoms with Crippen LogP contribution in [0.1, 0.15) is 10.4 Å². The number of aromatic nitrogens is 3. The van der Waals surface area contributed by atoms with Crippen molar-refractivity contribution in [2.45, 2.75) is 0 Å². The zero-order chi connectivity index (χ0) is 11.5. The van der Waals surface area contributed by atoms with Gasteiger partial charge in [0, 0.05) is 5.56 Å². The summed E-state index contributed by atoms with van der Waals surface area (Å²) in [4.78, 5) is 15.2. The quantitative estimate of drug-likeness (QED) is 0.809. The molecular formula is C10H9ClN4O. The second-order valence-corrected chi connectivity index (χ2v) is 3.54. The van der Waals surface area contributed by atoms with E-state index < -0.39 is 0 Å². The summed E-state index contributed by atoms with van der Waals surface area (Å²) < 4.78 is 1.53. The molecule has 0 bridgehead atoms. The van der Waals surface area contributed by atoms with E-state index in [1.54, 1.807) is 18.2 Å². The summed E-state index contributed by atoms with van der Waals surface area (Å²) in [6.45, 7) is -0.0288. The topological polar surface area (TPSA) is 73.8 Å². The second kappa shape index (κ2) is 4.42. The standard InChI is InChI=1S/C10H9ClN4O/c11-8-3-7(10(16)4-12)1-2-9(8)15-6-13-5-14-15/h1-3,5-6H,4,12H2. The Labute approximate surface area is 96.8 Å². The lowest BCUT2D eigenvalue weighted by atomic mass is 10.1. The molecule has 0 saturated heterocycles.